The number of benzene rings is 2. The van der Waals surface area contributed by atoms with Crippen molar-refractivity contribution in [3.63, 3.8) is 0 Å². The Labute approximate surface area is 121 Å². The van der Waals surface area contributed by atoms with Crippen LogP contribution in [0.2, 0.25) is 0 Å². The van der Waals surface area contributed by atoms with Gasteiger partial charge in [-0.15, -0.1) is 0 Å². The van der Waals surface area contributed by atoms with E-state index in [1.807, 2.05) is 36.4 Å². The Morgan fingerprint density at radius 3 is 2.81 bits per heavy atom. The van der Waals surface area contributed by atoms with Gasteiger partial charge in [0.2, 0.25) is 0 Å². The third-order valence-corrected chi connectivity index (χ3v) is 3.88. The van der Waals surface area contributed by atoms with Crippen molar-refractivity contribution < 1.29 is 4.74 Å². The van der Waals surface area contributed by atoms with Crippen LogP contribution in [0.1, 0.15) is 12.0 Å². The van der Waals surface area contributed by atoms with E-state index >= 15 is 0 Å². The van der Waals surface area contributed by atoms with E-state index in [4.69, 9.17) is 4.74 Å². The molecule has 1 aliphatic rings. The maximum Gasteiger partial charge on any atom is 0.272 e. The molecule has 0 aliphatic carbocycles. The van der Waals surface area contributed by atoms with Crippen molar-refractivity contribution in [2.75, 3.05) is 6.61 Å². The summed E-state index contributed by atoms with van der Waals surface area (Å²) in [6.07, 6.45) is 2.06. The molecule has 1 aliphatic heterocycles. The molecule has 0 amide bonds. The molecular formula is C17H14N2O2. The van der Waals surface area contributed by atoms with E-state index in [0.717, 1.165) is 41.8 Å². The van der Waals surface area contributed by atoms with Crippen LogP contribution >= 0.6 is 0 Å². The van der Waals surface area contributed by atoms with Gasteiger partial charge in [0.1, 0.15) is 11.4 Å². The molecule has 2 heterocycles. The minimum Gasteiger partial charge on any atom is -0.493 e. The molecule has 1 aromatic heterocycles. The van der Waals surface area contributed by atoms with E-state index in [1.165, 1.54) is 5.56 Å². The Hall–Kier alpha value is -2.62. The van der Waals surface area contributed by atoms with Crippen molar-refractivity contribution in [1.82, 2.24) is 10.2 Å². The first-order valence-electron chi connectivity index (χ1n) is 7.07. The molecule has 4 heteroatoms. The van der Waals surface area contributed by atoms with Gasteiger partial charge < -0.3 is 4.74 Å². The van der Waals surface area contributed by atoms with Crippen LogP contribution < -0.4 is 10.3 Å². The molecule has 4 nitrogen and oxygen atoms in total. The van der Waals surface area contributed by atoms with Crippen LogP contribution in [0.3, 0.4) is 0 Å². The van der Waals surface area contributed by atoms with Crippen molar-refractivity contribution in [3.05, 3.63) is 58.4 Å². The van der Waals surface area contributed by atoms with Crippen molar-refractivity contribution >= 4 is 10.8 Å². The molecule has 0 saturated carbocycles. The molecule has 21 heavy (non-hydrogen) atoms. The zero-order valence-corrected chi connectivity index (χ0v) is 11.4. The molecule has 1 N–H and O–H groups in total. The highest BCUT2D eigenvalue weighted by Gasteiger charge is 2.18. The predicted octanol–water partition coefficient (Wildman–Crippen LogP) is 2.92. The van der Waals surface area contributed by atoms with Gasteiger partial charge in [-0.1, -0.05) is 30.3 Å². The fourth-order valence-corrected chi connectivity index (χ4v) is 2.90. The molecule has 0 bridgehead atoms. The fourth-order valence-electron chi connectivity index (χ4n) is 2.90. The molecule has 0 radical (unpaired) electrons. The summed E-state index contributed by atoms with van der Waals surface area (Å²) in [6, 6.07) is 13.6. The monoisotopic (exact) mass is 278 g/mol. The Kier molecular flexibility index (Phi) is 2.74. The summed E-state index contributed by atoms with van der Waals surface area (Å²) in [4.78, 5) is 11.9. The van der Waals surface area contributed by atoms with E-state index in [2.05, 4.69) is 16.3 Å². The molecule has 0 unspecified atom stereocenters. The number of aromatic amines is 1. The van der Waals surface area contributed by atoms with Crippen LogP contribution in [0.4, 0.5) is 0 Å². The van der Waals surface area contributed by atoms with Gasteiger partial charge in [0.15, 0.2) is 0 Å². The number of H-pyrrole nitrogens is 1. The smallest absolute Gasteiger partial charge is 0.272 e. The highest BCUT2D eigenvalue weighted by molar-refractivity contribution is 5.95. The van der Waals surface area contributed by atoms with Crippen LogP contribution in [0.15, 0.2) is 47.3 Å². The van der Waals surface area contributed by atoms with Gasteiger partial charge >= 0.3 is 0 Å². The maximum atomic E-state index is 11.9. The molecule has 0 spiro atoms. The lowest BCUT2D eigenvalue weighted by Crippen LogP contribution is -2.12. The third kappa shape index (κ3) is 1.91. The number of ether oxygens (including phenoxy) is 1. The highest BCUT2D eigenvalue weighted by atomic mass is 16.5. The number of fused-ring (bicyclic) bond motifs is 2. The van der Waals surface area contributed by atoms with E-state index in [1.54, 1.807) is 0 Å². The molecular weight excluding hydrogens is 264 g/mol. The van der Waals surface area contributed by atoms with Crippen molar-refractivity contribution in [2.24, 2.45) is 0 Å². The summed E-state index contributed by atoms with van der Waals surface area (Å²) < 4.78 is 5.86. The van der Waals surface area contributed by atoms with Crippen LogP contribution in [0, 0.1) is 0 Å². The van der Waals surface area contributed by atoms with Crippen LogP contribution in [-0.2, 0) is 6.42 Å². The standard InChI is InChI=1S/C17H14N2O2/c20-17-13-8-2-1-7-12(13)15(18-19-17)14-9-3-5-11-6-4-10-21-16(11)14/h1-3,5,7-9H,4,6,10H2,(H,19,20). The van der Waals surface area contributed by atoms with Gasteiger partial charge in [-0.05, 0) is 30.5 Å². The average Bonchev–Trinajstić information content (AvgIpc) is 2.55. The van der Waals surface area contributed by atoms with E-state index in [9.17, 15) is 4.79 Å². The van der Waals surface area contributed by atoms with Crippen LogP contribution in [0.25, 0.3) is 22.0 Å². The summed E-state index contributed by atoms with van der Waals surface area (Å²) in [5.41, 5.74) is 2.75. The van der Waals surface area contributed by atoms with Crippen LogP contribution in [0.5, 0.6) is 5.75 Å². The number of hydrogen-bond donors (Lipinski definition) is 1. The fraction of sp³-hybridized carbons (Fsp3) is 0.176. The first-order valence-corrected chi connectivity index (χ1v) is 7.07. The molecule has 4 rings (SSSR count). The Bertz CT molecular complexity index is 883. The van der Waals surface area contributed by atoms with Crippen molar-refractivity contribution in [3.8, 4) is 17.0 Å². The van der Waals surface area contributed by atoms with E-state index in [0.29, 0.717) is 5.39 Å². The summed E-state index contributed by atoms with van der Waals surface area (Å²) in [5, 5.41) is 8.35. The van der Waals surface area contributed by atoms with Gasteiger partial charge in [-0.25, -0.2) is 5.10 Å². The topological polar surface area (TPSA) is 55.0 Å². The number of hydrogen-bond acceptors (Lipinski definition) is 3. The minimum absolute atomic E-state index is 0.167. The SMILES string of the molecule is O=c1[nH]nc(-c2cccc3c2OCCC3)c2ccccc12. The first kappa shape index (κ1) is 12.1. The Morgan fingerprint density at radius 2 is 1.90 bits per heavy atom. The lowest BCUT2D eigenvalue weighted by molar-refractivity contribution is 0.289. The second-order valence-corrected chi connectivity index (χ2v) is 5.19. The molecule has 0 atom stereocenters. The lowest BCUT2D eigenvalue weighted by atomic mass is 9.98. The predicted molar refractivity (Wildman–Crippen MR) is 81.6 cm³/mol. The molecule has 104 valence electrons. The average molecular weight is 278 g/mol. The van der Waals surface area contributed by atoms with Gasteiger partial charge in [-0.3, -0.25) is 4.79 Å². The summed E-state index contributed by atoms with van der Waals surface area (Å²) in [7, 11) is 0. The van der Waals surface area contributed by atoms with Crippen molar-refractivity contribution in [1.29, 1.82) is 0 Å². The second kappa shape index (κ2) is 4.74. The van der Waals surface area contributed by atoms with Crippen molar-refractivity contribution in [2.45, 2.75) is 12.8 Å². The molecule has 0 fully saturated rings. The zero-order chi connectivity index (χ0) is 14.2. The number of nitrogens with one attached hydrogen (secondary N) is 1. The maximum absolute atomic E-state index is 11.9. The van der Waals surface area contributed by atoms with Gasteiger partial charge in [-0.2, -0.15) is 5.10 Å². The lowest BCUT2D eigenvalue weighted by Gasteiger charge is -2.20. The number of aromatic nitrogens is 2. The first-order chi connectivity index (χ1) is 10.3. The Balaban J connectivity index is 2.04. The summed E-state index contributed by atoms with van der Waals surface area (Å²) in [5.74, 6) is 0.897. The molecule has 2 aromatic carbocycles. The second-order valence-electron chi connectivity index (χ2n) is 5.19. The normalized spacial score (nSPS) is 13.7. The number of nitrogens with zero attached hydrogens (tertiary/aromatic N) is 1. The zero-order valence-electron chi connectivity index (χ0n) is 11.4. The van der Waals surface area contributed by atoms with Gasteiger partial charge in [0.25, 0.3) is 5.56 Å². The van der Waals surface area contributed by atoms with E-state index < -0.39 is 0 Å². The number of para-hydroxylation sites is 1. The molecule has 0 saturated heterocycles. The third-order valence-electron chi connectivity index (χ3n) is 3.88. The van der Waals surface area contributed by atoms with Gasteiger partial charge in [0, 0.05) is 10.9 Å². The van der Waals surface area contributed by atoms with E-state index in [-0.39, 0.29) is 5.56 Å². The van der Waals surface area contributed by atoms with Gasteiger partial charge in [0.05, 0.1) is 12.0 Å². The summed E-state index contributed by atoms with van der Waals surface area (Å²) >= 11 is 0. The Morgan fingerprint density at radius 1 is 1.05 bits per heavy atom. The minimum atomic E-state index is -0.167. The number of aryl methyl sites for hydroxylation is 1. The van der Waals surface area contributed by atoms with Crippen LogP contribution in [-0.4, -0.2) is 16.8 Å². The largest absolute Gasteiger partial charge is 0.493 e. The molecule has 3 aromatic rings. The quantitative estimate of drug-likeness (QED) is 0.744. The summed E-state index contributed by atoms with van der Waals surface area (Å²) in [6.45, 7) is 0.727. The highest BCUT2D eigenvalue weighted by Crippen LogP contribution is 2.37. The number of rotatable bonds is 1.